The SMILES string of the molecule is O=C(O)N[C@@H]1C[C@H]1NC(=O)O. The number of carboxylic acid groups (broad SMARTS) is 2. The first-order valence-electron chi connectivity index (χ1n) is 3.08. The molecule has 0 saturated heterocycles. The van der Waals surface area contributed by atoms with Gasteiger partial charge in [0.25, 0.3) is 0 Å². The van der Waals surface area contributed by atoms with E-state index in [4.69, 9.17) is 10.2 Å². The Balaban J connectivity index is 2.16. The second-order valence-corrected chi connectivity index (χ2v) is 2.35. The standard InChI is InChI=1S/C5H8N2O4/c8-4(9)6-2-1-3(2)7-5(10)11/h2-3,6-7H,1H2,(H,8,9)(H,10,11)/t2-,3-/m1/s1. The van der Waals surface area contributed by atoms with Gasteiger partial charge in [0.2, 0.25) is 0 Å². The molecule has 6 nitrogen and oxygen atoms in total. The molecule has 0 aliphatic heterocycles. The average molecular weight is 160 g/mol. The molecule has 0 aromatic heterocycles. The first kappa shape index (κ1) is 7.64. The van der Waals surface area contributed by atoms with E-state index in [1.807, 2.05) is 0 Å². The van der Waals surface area contributed by atoms with E-state index >= 15 is 0 Å². The third-order valence-corrected chi connectivity index (χ3v) is 1.41. The molecular formula is C5H8N2O4. The minimum Gasteiger partial charge on any atom is -0.465 e. The van der Waals surface area contributed by atoms with Gasteiger partial charge in [0.15, 0.2) is 0 Å². The highest BCUT2D eigenvalue weighted by atomic mass is 16.4. The van der Waals surface area contributed by atoms with E-state index in [2.05, 4.69) is 10.6 Å². The molecule has 1 aliphatic rings. The Morgan fingerprint density at radius 1 is 1.09 bits per heavy atom. The fourth-order valence-corrected chi connectivity index (χ4v) is 0.831. The van der Waals surface area contributed by atoms with Gasteiger partial charge in [-0.3, -0.25) is 0 Å². The zero-order valence-electron chi connectivity index (χ0n) is 5.57. The lowest BCUT2D eigenvalue weighted by atomic mass is 10.6. The maximum Gasteiger partial charge on any atom is 0.404 e. The van der Waals surface area contributed by atoms with Crippen molar-refractivity contribution in [2.24, 2.45) is 0 Å². The van der Waals surface area contributed by atoms with Gasteiger partial charge in [-0.1, -0.05) is 0 Å². The van der Waals surface area contributed by atoms with Crippen molar-refractivity contribution in [1.29, 1.82) is 0 Å². The number of hydrogen-bond donors (Lipinski definition) is 4. The second-order valence-electron chi connectivity index (χ2n) is 2.35. The third kappa shape index (κ3) is 2.32. The lowest BCUT2D eigenvalue weighted by molar-refractivity contribution is 0.188. The molecule has 0 aromatic rings. The molecule has 0 heterocycles. The van der Waals surface area contributed by atoms with E-state index < -0.39 is 12.2 Å². The Kier molecular flexibility index (Phi) is 1.84. The Labute approximate surface area is 62.2 Å². The quantitative estimate of drug-likeness (QED) is 0.444. The van der Waals surface area contributed by atoms with Gasteiger partial charge in [-0.15, -0.1) is 0 Å². The van der Waals surface area contributed by atoms with Gasteiger partial charge in [-0.25, -0.2) is 9.59 Å². The highest BCUT2D eigenvalue weighted by Crippen LogP contribution is 2.20. The summed E-state index contributed by atoms with van der Waals surface area (Å²) in [4.78, 5) is 20.0. The number of hydrogen-bond acceptors (Lipinski definition) is 2. The molecule has 0 spiro atoms. The molecular weight excluding hydrogens is 152 g/mol. The van der Waals surface area contributed by atoms with Crippen molar-refractivity contribution < 1.29 is 19.8 Å². The minimum atomic E-state index is -1.12. The largest absolute Gasteiger partial charge is 0.465 e. The average Bonchev–Trinajstić information content (AvgIpc) is 2.43. The maximum absolute atomic E-state index is 9.99. The van der Waals surface area contributed by atoms with E-state index in [-0.39, 0.29) is 12.1 Å². The summed E-state index contributed by atoms with van der Waals surface area (Å²) in [5.41, 5.74) is 0. The van der Waals surface area contributed by atoms with Crippen molar-refractivity contribution in [3.63, 3.8) is 0 Å². The smallest absolute Gasteiger partial charge is 0.404 e. The van der Waals surface area contributed by atoms with Crippen LogP contribution in [0.3, 0.4) is 0 Å². The molecule has 6 heteroatoms. The molecule has 2 amide bonds. The normalized spacial score (nSPS) is 27.3. The number of amides is 2. The fraction of sp³-hybridized carbons (Fsp3) is 0.600. The van der Waals surface area contributed by atoms with Crippen LogP contribution in [0, 0.1) is 0 Å². The molecule has 0 radical (unpaired) electrons. The molecule has 1 saturated carbocycles. The van der Waals surface area contributed by atoms with Crippen LogP contribution in [0.2, 0.25) is 0 Å². The van der Waals surface area contributed by atoms with Crippen LogP contribution in [0.1, 0.15) is 6.42 Å². The molecule has 0 aromatic carbocycles. The van der Waals surface area contributed by atoms with Crippen LogP contribution in [0.4, 0.5) is 9.59 Å². The van der Waals surface area contributed by atoms with Gasteiger partial charge in [0.05, 0.1) is 12.1 Å². The van der Waals surface area contributed by atoms with Crippen molar-refractivity contribution in [1.82, 2.24) is 10.6 Å². The van der Waals surface area contributed by atoms with Crippen molar-refractivity contribution in [2.45, 2.75) is 18.5 Å². The van der Waals surface area contributed by atoms with Gasteiger partial charge in [0.1, 0.15) is 0 Å². The Hall–Kier alpha value is -1.46. The molecule has 4 N–H and O–H groups in total. The molecule has 1 aliphatic carbocycles. The molecule has 62 valence electrons. The van der Waals surface area contributed by atoms with E-state index in [9.17, 15) is 9.59 Å². The minimum absolute atomic E-state index is 0.247. The van der Waals surface area contributed by atoms with Gasteiger partial charge < -0.3 is 20.8 Å². The van der Waals surface area contributed by atoms with Crippen molar-refractivity contribution in [2.75, 3.05) is 0 Å². The summed E-state index contributed by atoms with van der Waals surface area (Å²) in [6, 6.07) is -0.493. The topological polar surface area (TPSA) is 98.7 Å². The first-order chi connectivity index (χ1) is 5.09. The van der Waals surface area contributed by atoms with Crippen LogP contribution in [-0.4, -0.2) is 34.5 Å². The van der Waals surface area contributed by atoms with E-state index in [0.717, 1.165) is 0 Å². The predicted molar refractivity (Wildman–Crippen MR) is 34.5 cm³/mol. The summed E-state index contributed by atoms with van der Waals surface area (Å²) in [5.74, 6) is 0. The molecule has 1 fully saturated rings. The zero-order chi connectivity index (χ0) is 8.43. The Morgan fingerprint density at radius 2 is 1.45 bits per heavy atom. The van der Waals surface area contributed by atoms with Crippen LogP contribution in [0.15, 0.2) is 0 Å². The summed E-state index contributed by atoms with van der Waals surface area (Å²) >= 11 is 0. The Morgan fingerprint density at radius 3 is 1.73 bits per heavy atom. The number of carbonyl (C=O) groups is 2. The van der Waals surface area contributed by atoms with Gasteiger partial charge >= 0.3 is 12.2 Å². The number of nitrogens with one attached hydrogen (secondary N) is 2. The van der Waals surface area contributed by atoms with Gasteiger partial charge in [-0.2, -0.15) is 0 Å². The van der Waals surface area contributed by atoms with Gasteiger partial charge in [0, 0.05) is 0 Å². The molecule has 0 bridgehead atoms. The van der Waals surface area contributed by atoms with Crippen LogP contribution in [0.5, 0.6) is 0 Å². The van der Waals surface area contributed by atoms with Crippen molar-refractivity contribution in [3.8, 4) is 0 Å². The molecule has 1 rings (SSSR count). The molecule has 2 atom stereocenters. The van der Waals surface area contributed by atoms with Gasteiger partial charge in [-0.05, 0) is 6.42 Å². The summed E-state index contributed by atoms with van der Waals surface area (Å²) in [6.07, 6.45) is -1.70. The van der Waals surface area contributed by atoms with E-state index in [1.165, 1.54) is 0 Å². The molecule has 11 heavy (non-hydrogen) atoms. The molecule has 0 unspecified atom stereocenters. The maximum atomic E-state index is 9.99. The van der Waals surface area contributed by atoms with Crippen molar-refractivity contribution in [3.05, 3.63) is 0 Å². The lowest BCUT2D eigenvalue weighted by Crippen LogP contribution is -2.33. The van der Waals surface area contributed by atoms with Crippen LogP contribution < -0.4 is 10.6 Å². The lowest BCUT2D eigenvalue weighted by Gasteiger charge is -1.98. The summed E-state index contributed by atoms with van der Waals surface area (Å²) in [6.45, 7) is 0. The third-order valence-electron chi connectivity index (χ3n) is 1.41. The highest BCUT2D eigenvalue weighted by Gasteiger charge is 2.39. The Bertz CT molecular complexity index is 173. The van der Waals surface area contributed by atoms with Crippen LogP contribution >= 0.6 is 0 Å². The van der Waals surface area contributed by atoms with Crippen LogP contribution in [0.25, 0.3) is 0 Å². The predicted octanol–water partition coefficient (Wildman–Crippen LogP) is -0.338. The summed E-state index contributed by atoms with van der Waals surface area (Å²) < 4.78 is 0. The monoisotopic (exact) mass is 160 g/mol. The summed E-state index contributed by atoms with van der Waals surface area (Å²) in [5, 5.41) is 20.7. The van der Waals surface area contributed by atoms with E-state index in [1.54, 1.807) is 0 Å². The number of rotatable bonds is 2. The van der Waals surface area contributed by atoms with Crippen LogP contribution in [-0.2, 0) is 0 Å². The summed E-state index contributed by atoms with van der Waals surface area (Å²) in [7, 11) is 0. The fourth-order valence-electron chi connectivity index (χ4n) is 0.831. The zero-order valence-corrected chi connectivity index (χ0v) is 5.57. The second kappa shape index (κ2) is 2.65. The first-order valence-corrected chi connectivity index (χ1v) is 3.08. The van der Waals surface area contributed by atoms with Crippen molar-refractivity contribution >= 4 is 12.2 Å². The highest BCUT2D eigenvalue weighted by molar-refractivity contribution is 5.68. The van der Waals surface area contributed by atoms with E-state index in [0.29, 0.717) is 6.42 Å².